The summed E-state index contributed by atoms with van der Waals surface area (Å²) in [5.41, 5.74) is 18.1. The SMILES string of the molecule is CC1(C)c2ccccc2-c2c(N(c3ccc(-c4ccc(-n5c6ccccc6c6ccccc65)cc4)cc3)c3cccc4c3oc3c(-c5ccccc5)cc5ccccc5c34)cccc21. The quantitative estimate of drug-likeness (QED) is 0.167. The first-order chi connectivity index (χ1) is 31.5. The van der Waals surface area contributed by atoms with Crippen LogP contribution in [0, 0.1) is 0 Å². The summed E-state index contributed by atoms with van der Waals surface area (Å²) in [6, 6.07) is 79.4. The predicted molar refractivity (Wildman–Crippen MR) is 269 cm³/mol. The Bertz CT molecular complexity index is 3740. The van der Waals surface area contributed by atoms with Gasteiger partial charge in [-0.3, -0.25) is 0 Å². The maximum atomic E-state index is 7.28. The van der Waals surface area contributed by atoms with E-state index in [1.54, 1.807) is 0 Å². The number of anilines is 3. The van der Waals surface area contributed by atoms with Crippen LogP contribution >= 0.6 is 0 Å². The number of fused-ring (bicyclic) bond motifs is 11. The zero-order valence-corrected chi connectivity index (χ0v) is 35.6. The zero-order valence-electron chi connectivity index (χ0n) is 35.6. The van der Waals surface area contributed by atoms with Crippen molar-refractivity contribution in [3.8, 4) is 39.1 Å². The van der Waals surface area contributed by atoms with E-state index in [1.807, 2.05) is 0 Å². The highest BCUT2D eigenvalue weighted by Gasteiger charge is 2.38. The van der Waals surface area contributed by atoms with E-state index in [4.69, 9.17) is 4.42 Å². The summed E-state index contributed by atoms with van der Waals surface area (Å²) in [6.07, 6.45) is 0. The van der Waals surface area contributed by atoms with Gasteiger partial charge in [0.25, 0.3) is 0 Å². The van der Waals surface area contributed by atoms with Crippen molar-refractivity contribution in [1.29, 1.82) is 0 Å². The van der Waals surface area contributed by atoms with Gasteiger partial charge in [0.1, 0.15) is 5.58 Å². The summed E-state index contributed by atoms with van der Waals surface area (Å²) in [5, 5.41) is 7.14. The summed E-state index contributed by atoms with van der Waals surface area (Å²) in [6.45, 7) is 4.70. The fraction of sp³-hybridized carbons (Fsp3) is 0.0492. The molecule has 302 valence electrons. The number of benzene rings is 10. The molecular formula is C61H42N2O. The van der Waals surface area contributed by atoms with Crippen LogP contribution in [0.15, 0.2) is 223 Å². The van der Waals surface area contributed by atoms with Crippen molar-refractivity contribution in [2.75, 3.05) is 4.90 Å². The average Bonchev–Trinajstić information content (AvgIpc) is 3.99. The van der Waals surface area contributed by atoms with Crippen molar-refractivity contribution in [2.24, 2.45) is 0 Å². The molecule has 0 unspecified atom stereocenters. The molecule has 12 aromatic rings. The van der Waals surface area contributed by atoms with Crippen LogP contribution in [-0.2, 0) is 5.41 Å². The van der Waals surface area contributed by atoms with Crippen LogP contribution in [0.1, 0.15) is 25.0 Å². The summed E-state index contributed by atoms with van der Waals surface area (Å²) in [7, 11) is 0. The van der Waals surface area contributed by atoms with E-state index in [0.29, 0.717) is 0 Å². The number of nitrogens with zero attached hydrogens (tertiary/aromatic N) is 2. The number of rotatable bonds is 6. The van der Waals surface area contributed by atoms with Gasteiger partial charge in [0.15, 0.2) is 5.58 Å². The summed E-state index contributed by atoms with van der Waals surface area (Å²) in [5.74, 6) is 0. The minimum atomic E-state index is -0.155. The van der Waals surface area contributed by atoms with Crippen LogP contribution in [0.25, 0.3) is 93.6 Å². The molecule has 0 saturated heterocycles. The number of aromatic nitrogens is 1. The topological polar surface area (TPSA) is 21.3 Å². The van der Waals surface area contributed by atoms with Crippen LogP contribution in [0.4, 0.5) is 17.1 Å². The Morgan fingerprint density at radius 1 is 0.422 bits per heavy atom. The maximum absolute atomic E-state index is 7.28. The molecule has 1 aliphatic rings. The van der Waals surface area contributed by atoms with E-state index < -0.39 is 0 Å². The minimum Gasteiger partial charge on any atom is -0.453 e. The molecule has 10 aromatic carbocycles. The second kappa shape index (κ2) is 13.9. The lowest BCUT2D eigenvalue weighted by Gasteiger charge is -2.29. The van der Waals surface area contributed by atoms with Gasteiger partial charge in [0.2, 0.25) is 0 Å². The smallest absolute Gasteiger partial charge is 0.159 e. The van der Waals surface area contributed by atoms with Gasteiger partial charge in [-0.1, -0.05) is 178 Å². The van der Waals surface area contributed by atoms with Crippen molar-refractivity contribution in [3.63, 3.8) is 0 Å². The van der Waals surface area contributed by atoms with Crippen molar-refractivity contribution < 1.29 is 4.42 Å². The molecule has 0 saturated carbocycles. The fourth-order valence-corrected chi connectivity index (χ4v) is 10.8. The molecular weight excluding hydrogens is 777 g/mol. The van der Waals surface area contributed by atoms with Crippen LogP contribution in [-0.4, -0.2) is 4.57 Å². The third-order valence-electron chi connectivity index (χ3n) is 13.8. The Hall–Kier alpha value is -8.14. The van der Waals surface area contributed by atoms with E-state index in [1.165, 1.54) is 60.4 Å². The molecule has 2 aromatic heterocycles. The molecule has 0 bridgehead atoms. The number of hydrogen-bond acceptors (Lipinski definition) is 2. The summed E-state index contributed by atoms with van der Waals surface area (Å²) < 4.78 is 9.65. The third kappa shape index (κ3) is 5.34. The van der Waals surface area contributed by atoms with Crippen LogP contribution in [0.2, 0.25) is 0 Å². The second-order valence-corrected chi connectivity index (χ2v) is 17.6. The Balaban J connectivity index is 0.997. The van der Waals surface area contributed by atoms with Crippen LogP contribution in [0.3, 0.4) is 0 Å². The van der Waals surface area contributed by atoms with E-state index in [9.17, 15) is 0 Å². The molecule has 0 spiro atoms. The van der Waals surface area contributed by atoms with Crippen LogP contribution < -0.4 is 4.90 Å². The van der Waals surface area contributed by atoms with Crippen molar-refractivity contribution >= 4 is 71.6 Å². The van der Waals surface area contributed by atoms with E-state index in [0.717, 1.165) is 61.4 Å². The van der Waals surface area contributed by atoms with Gasteiger partial charge in [0.05, 0.1) is 22.4 Å². The largest absolute Gasteiger partial charge is 0.453 e. The normalized spacial score (nSPS) is 13.0. The molecule has 0 fully saturated rings. The molecule has 0 aliphatic heterocycles. The highest BCUT2D eigenvalue weighted by Crippen LogP contribution is 2.55. The Morgan fingerprint density at radius 3 is 1.75 bits per heavy atom. The molecule has 3 heteroatoms. The van der Waals surface area contributed by atoms with E-state index >= 15 is 0 Å². The lowest BCUT2D eigenvalue weighted by molar-refractivity contribution is 0.660. The lowest BCUT2D eigenvalue weighted by Crippen LogP contribution is -2.16. The van der Waals surface area contributed by atoms with Gasteiger partial charge in [-0.15, -0.1) is 0 Å². The summed E-state index contributed by atoms with van der Waals surface area (Å²) >= 11 is 0. The molecule has 3 nitrogen and oxygen atoms in total. The van der Waals surface area contributed by atoms with E-state index in [-0.39, 0.29) is 5.41 Å². The van der Waals surface area contributed by atoms with E-state index in [2.05, 4.69) is 242 Å². The van der Waals surface area contributed by atoms with Gasteiger partial charge in [0, 0.05) is 49.5 Å². The summed E-state index contributed by atoms with van der Waals surface area (Å²) in [4.78, 5) is 2.43. The molecule has 0 radical (unpaired) electrons. The molecule has 64 heavy (non-hydrogen) atoms. The minimum absolute atomic E-state index is 0.155. The molecule has 2 heterocycles. The molecule has 0 atom stereocenters. The fourth-order valence-electron chi connectivity index (χ4n) is 10.8. The van der Waals surface area contributed by atoms with Gasteiger partial charge < -0.3 is 13.9 Å². The highest BCUT2D eigenvalue weighted by molar-refractivity contribution is 6.24. The Morgan fingerprint density at radius 2 is 1.00 bits per heavy atom. The predicted octanol–water partition coefficient (Wildman–Crippen LogP) is 16.9. The number of para-hydroxylation sites is 3. The monoisotopic (exact) mass is 818 g/mol. The number of furan rings is 1. The lowest BCUT2D eigenvalue weighted by atomic mass is 9.82. The van der Waals surface area contributed by atoms with Gasteiger partial charge >= 0.3 is 0 Å². The zero-order chi connectivity index (χ0) is 42.5. The van der Waals surface area contributed by atoms with Crippen molar-refractivity contribution in [3.05, 3.63) is 230 Å². The first-order valence-electron chi connectivity index (χ1n) is 22.2. The highest BCUT2D eigenvalue weighted by atomic mass is 16.3. The number of hydrogen-bond donors (Lipinski definition) is 0. The molecule has 0 N–H and O–H groups in total. The Labute approximate surface area is 371 Å². The van der Waals surface area contributed by atoms with Gasteiger partial charge in [-0.25, -0.2) is 0 Å². The molecule has 0 amide bonds. The van der Waals surface area contributed by atoms with Gasteiger partial charge in [-0.05, 0) is 98.8 Å². The Kier molecular flexibility index (Phi) is 7.95. The van der Waals surface area contributed by atoms with Gasteiger partial charge in [-0.2, -0.15) is 0 Å². The second-order valence-electron chi connectivity index (χ2n) is 17.6. The molecule has 1 aliphatic carbocycles. The first kappa shape index (κ1) is 36.5. The van der Waals surface area contributed by atoms with Crippen molar-refractivity contribution in [1.82, 2.24) is 4.57 Å². The first-order valence-corrected chi connectivity index (χ1v) is 22.2. The average molecular weight is 819 g/mol. The van der Waals surface area contributed by atoms with Crippen molar-refractivity contribution in [2.45, 2.75) is 19.3 Å². The maximum Gasteiger partial charge on any atom is 0.159 e. The third-order valence-corrected chi connectivity index (χ3v) is 13.8. The molecule has 13 rings (SSSR count). The standard InChI is InChI=1S/C61H42N2O/c1-61(2)51-24-11-8-22-48(51)58-52(61)25-15-28-55(58)63(56-29-14-23-49-57-45-19-7-6-18-42(45)38-50(60(57)64-59(49)56)41-16-4-3-5-17-41)44-36-32-40(33-37-44)39-30-34-43(35-31-39)62-53-26-12-9-20-46(53)47-21-10-13-27-54(47)62/h3-38H,1-2H3. The van der Waals surface area contributed by atoms with Crippen LogP contribution in [0.5, 0.6) is 0 Å².